The maximum absolute atomic E-state index is 11.1. The fourth-order valence-corrected chi connectivity index (χ4v) is 2.27. The number of hydrogen-bond donors (Lipinski definition) is 1. The molecule has 1 heterocycles. The minimum absolute atomic E-state index is 0.0227. The van der Waals surface area contributed by atoms with Crippen LogP contribution in [-0.2, 0) is 13.6 Å². The molecule has 1 aromatic heterocycles. The zero-order chi connectivity index (χ0) is 15.6. The van der Waals surface area contributed by atoms with Crippen LogP contribution < -0.4 is 10.1 Å². The average Bonchev–Trinajstić information content (AvgIpc) is 2.71. The van der Waals surface area contributed by atoms with Crippen LogP contribution in [0.5, 0.6) is 5.75 Å². The van der Waals surface area contributed by atoms with E-state index in [1.54, 1.807) is 33.2 Å². The molecule has 0 aliphatic carbocycles. The second-order valence-electron chi connectivity index (χ2n) is 4.47. The summed E-state index contributed by atoms with van der Waals surface area (Å²) in [6, 6.07) is 5.24. The van der Waals surface area contributed by atoms with Gasteiger partial charge in [0.1, 0.15) is 11.4 Å². The molecule has 0 saturated carbocycles. The molecule has 0 spiro atoms. The number of aromatic nitrogens is 2. The van der Waals surface area contributed by atoms with Gasteiger partial charge in [-0.2, -0.15) is 5.10 Å². The van der Waals surface area contributed by atoms with Crippen molar-refractivity contribution in [1.82, 2.24) is 9.78 Å². The number of rotatable bonds is 5. The topological polar surface area (TPSA) is 82.2 Å². The van der Waals surface area contributed by atoms with Crippen molar-refractivity contribution >= 4 is 23.1 Å². The van der Waals surface area contributed by atoms with E-state index < -0.39 is 4.92 Å². The summed E-state index contributed by atoms with van der Waals surface area (Å²) in [5.41, 5.74) is 1.19. The first kappa shape index (κ1) is 15.1. The van der Waals surface area contributed by atoms with Crippen molar-refractivity contribution in [3.63, 3.8) is 0 Å². The number of hydrogen-bond acceptors (Lipinski definition) is 5. The van der Waals surface area contributed by atoms with Crippen LogP contribution in [0.4, 0.5) is 11.5 Å². The first-order chi connectivity index (χ1) is 9.93. The molecule has 2 rings (SSSR count). The lowest BCUT2D eigenvalue weighted by Gasteiger charge is -2.10. The number of nitrogens with zero attached hydrogens (tertiary/aromatic N) is 3. The summed E-state index contributed by atoms with van der Waals surface area (Å²) in [5.74, 6) is 0.978. The van der Waals surface area contributed by atoms with Crippen LogP contribution in [0, 0.1) is 17.0 Å². The lowest BCUT2D eigenvalue weighted by atomic mass is 10.2. The molecule has 21 heavy (non-hydrogen) atoms. The molecule has 0 radical (unpaired) electrons. The Bertz CT molecular complexity index is 684. The Hall–Kier alpha value is -2.28. The Morgan fingerprint density at radius 3 is 2.86 bits per heavy atom. The second kappa shape index (κ2) is 6.01. The van der Waals surface area contributed by atoms with Crippen molar-refractivity contribution in [2.24, 2.45) is 7.05 Å². The third-order valence-electron chi connectivity index (χ3n) is 3.07. The van der Waals surface area contributed by atoms with Gasteiger partial charge in [0.05, 0.1) is 12.0 Å². The Morgan fingerprint density at radius 2 is 2.24 bits per heavy atom. The fourth-order valence-electron chi connectivity index (χ4n) is 2.11. The number of nitrogens with one attached hydrogen (secondary N) is 1. The fraction of sp³-hybridized carbons (Fsp3) is 0.308. The molecule has 7 nitrogen and oxygen atoms in total. The van der Waals surface area contributed by atoms with E-state index in [0.29, 0.717) is 28.8 Å². The molecule has 0 atom stereocenters. The number of halogens is 1. The summed E-state index contributed by atoms with van der Waals surface area (Å²) in [4.78, 5) is 10.7. The third-order valence-corrected chi connectivity index (χ3v) is 3.30. The normalized spacial score (nSPS) is 10.5. The van der Waals surface area contributed by atoms with Crippen molar-refractivity contribution in [2.75, 3.05) is 12.4 Å². The van der Waals surface area contributed by atoms with Crippen LogP contribution >= 0.6 is 11.6 Å². The zero-order valence-electron chi connectivity index (χ0n) is 11.9. The molecule has 8 heteroatoms. The molecule has 112 valence electrons. The zero-order valence-corrected chi connectivity index (χ0v) is 12.6. The smallest absolute Gasteiger partial charge is 0.333 e. The van der Waals surface area contributed by atoms with Gasteiger partial charge in [-0.05, 0) is 19.1 Å². The van der Waals surface area contributed by atoms with Gasteiger partial charge >= 0.3 is 5.69 Å². The quantitative estimate of drug-likeness (QED) is 0.678. The van der Waals surface area contributed by atoms with Gasteiger partial charge in [0.15, 0.2) is 0 Å². The van der Waals surface area contributed by atoms with Gasteiger partial charge in [0, 0.05) is 24.2 Å². The van der Waals surface area contributed by atoms with E-state index in [1.807, 2.05) is 6.07 Å². The molecular weight excluding hydrogens is 296 g/mol. The van der Waals surface area contributed by atoms with Crippen molar-refractivity contribution in [3.8, 4) is 5.75 Å². The Balaban J connectivity index is 2.27. The summed E-state index contributed by atoms with van der Waals surface area (Å²) in [6.07, 6.45) is 0. The molecule has 2 aromatic rings. The Kier molecular flexibility index (Phi) is 4.32. The minimum Gasteiger partial charge on any atom is -0.496 e. The van der Waals surface area contributed by atoms with Gasteiger partial charge in [-0.15, -0.1) is 0 Å². The second-order valence-corrected chi connectivity index (χ2v) is 4.91. The van der Waals surface area contributed by atoms with Crippen LogP contribution in [0.2, 0.25) is 5.02 Å². The monoisotopic (exact) mass is 310 g/mol. The molecular formula is C13H15ClN4O3. The maximum Gasteiger partial charge on any atom is 0.333 e. The van der Waals surface area contributed by atoms with Crippen LogP contribution in [0.25, 0.3) is 0 Å². The summed E-state index contributed by atoms with van der Waals surface area (Å²) in [5, 5.41) is 18.8. The van der Waals surface area contributed by atoms with Crippen molar-refractivity contribution in [2.45, 2.75) is 13.5 Å². The lowest BCUT2D eigenvalue weighted by molar-refractivity contribution is -0.384. The SMILES string of the molecule is COc1cc(Cl)ccc1CNc1c([N+](=O)[O-])c(C)nn1C. The van der Waals surface area contributed by atoms with Crippen LogP contribution in [0.3, 0.4) is 0 Å². The standard InChI is InChI=1S/C13H15ClN4O3/c1-8-12(18(19)20)13(17(2)16-8)15-7-9-4-5-10(14)6-11(9)21-3/h4-6,15H,7H2,1-3H3. The summed E-state index contributed by atoms with van der Waals surface area (Å²) < 4.78 is 6.70. The lowest BCUT2D eigenvalue weighted by Crippen LogP contribution is -2.07. The van der Waals surface area contributed by atoms with Gasteiger partial charge in [-0.3, -0.25) is 10.1 Å². The number of ether oxygens (including phenoxy) is 1. The summed E-state index contributed by atoms with van der Waals surface area (Å²) in [6.45, 7) is 1.96. The van der Waals surface area contributed by atoms with E-state index in [0.717, 1.165) is 5.56 Å². The van der Waals surface area contributed by atoms with E-state index >= 15 is 0 Å². The van der Waals surface area contributed by atoms with Gasteiger partial charge in [-0.25, -0.2) is 4.68 Å². The van der Waals surface area contributed by atoms with Crippen LogP contribution in [-0.4, -0.2) is 21.8 Å². The number of aryl methyl sites for hydroxylation is 2. The molecule has 1 aromatic carbocycles. The van der Waals surface area contributed by atoms with E-state index in [2.05, 4.69) is 10.4 Å². The highest BCUT2D eigenvalue weighted by Crippen LogP contribution is 2.29. The number of anilines is 1. The highest BCUT2D eigenvalue weighted by Gasteiger charge is 2.23. The number of methoxy groups -OCH3 is 1. The Morgan fingerprint density at radius 1 is 1.52 bits per heavy atom. The van der Waals surface area contributed by atoms with Gasteiger partial charge in [0.25, 0.3) is 0 Å². The minimum atomic E-state index is -0.441. The van der Waals surface area contributed by atoms with E-state index in [1.165, 1.54) is 4.68 Å². The molecule has 0 bridgehead atoms. The van der Waals surface area contributed by atoms with Gasteiger partial charge in [-0.1, -0.05) is 17.7 Å². The summed E-state index contributed by atoms with van der Waals surface area (Å²) >= 11 is 5.90. The number of nitro groups is 1. The molecule has 0 aliphatic heterocycles. The van der Waals surface area contributed by atoms with E-state index in [-0.39, 0.29) is 5.69 Å². The predicted molar refractivity (Wildman–Crippen MR) is 79.9 cm³/mol. The van der Waals surface area contributed by atoms with Crippen LogP contribution in [0.1, 0.15) is 11.3 Å². The Labute approximate surface area is 126 Å². The largest absolute Gasteiger partial charge is 0.496 e. The molecule has 0 unspecified atom stereocenters. The van der Waals surface area contributed by atoms with Crippen molar-refractivity contribution in [1.29, 1.82) is 0 Å². The highest BCUT2D eigenvalue weighted by molar-refractivity contribution is 6.30. The van der Waals surface area contributed by atoms with Crippen molar-refractivity contribution < 1.29 is 9.66 Å². The first-order valence-electron chi connectivity index (χ1n) is 6.18. The van der Waals surface area contributed by atoms with Crippen LogP contribution in [0.15, 0.2) is 18.2 Å². The van der Waals surface area contributed by atoms with E-state index in [9.17, 15) is 10.1 Å². The molecule has 0 amide bonds. The van der Waals surface area contributed by atoms with Gasteiger partial charge in [0.2, 0.25) is 5.82 Å². The third kappa shape index (κ3) is 3.08. The highest BCUT2D eigenvalue weighted by atomic mass is 35.5. The molecule has 0 saturated heterocycles. The van der Waals surface area contributed by atoms with Gasteiger partial charge < -0.3 is 10.1 Å². The first-order valence-corrected chi connectivity index (χ1v) is 6.56. The average molecular weight is 311 g/mol. The molecule has 0 fully saturated rings. The van der Waals surface area contributed by atoms with E-state index in [4.69, 9.17) is 16.3 Å². The number of benzene rings is 1. The van der Waals surface area contributed by atoms with Crippen molar-refractivity contribution in [3.05, 3.63) is 44.6 Å². The maximum atomic E-state index is 11.1. The summed E-state index contributed by atoms with van der Waals surface area (Å²) in [7, 11) is 3.20. The predicted octanol–water partition coefficient (Wildman–Crippen LogP) is 2.91. The molecule has 1 N–H and O–H groups in total. The molecule has 0 aliphatic rings.